The van der Waals surface area contributed by atoms with Crippen LogP contribution in [0, 0.1) is 18.6 Å². The van der Waals surface area contributed by atoms with Crippen LogP contribution in [0.15, 0.2) is 24.3 Å². The van der Waals surface area contributed by atoms with Crippen molar-refractivity contribution in [1.82, 2.24) is 0 Å². The van der Waals surface area contributed by atoms with Gasteiger partial charge in [-0.3, -0.25) is 0 Å². The zero-order valence-corrected chi connectivity index (χ0v) is 12.7. The van der Waals surface area contributed by atoms with Gasteiger partial charge in [0.05, 0.1) is 9.40 Å². The third-order valence-corrected chi connectivity index (χ3v) is 5.91. The van der Waals surface area contributed by atoms with Crippen molar-refractivity contribution in [3.8, 4) is 0 Å². The molecule has 1 aliphatic carbocycles. The first kappa shape index (κ1) is 13.2. The van der Waals surface area contributed by atoms with Crippen molar-refractivity contribution >= 4 is 31.5 Å². The number of aryl methyl sites for hydroxylation is 1. The number of benzene rings is 2. The average molecular weight is 302 g/mol. The van der Waals surface area contributed by atoms with Gasteiger partial charge in [0, 0.05) is 10.8 Å². The van der Waals surface area contributed by atoms with E-state index in [1.165, 1.54) is 24.2 Å². The lowest BCUT2D eigenvalue weighted by atomic mass is 9.96. The lowest BCUT2D eigenvalue weighted by Gasteiger charge is -2.10. The second-order valence-corrected chi connectivity index (χ2v) is 7.02. The van der Waals surface area contributed by atoms with E-state index in [1.807, 2.05) is 18.2 Å². The molecule has 4 rings (SSSR count). The van der Waals surface area contributed by atoms with Crippen LogP contribution in [0.1, 0.15) is 42.7 Å². The maximum absolute atomic E-state index is 14.9. The standard InChI is InChI=1S/C18H16F2S/c1-10-6-7-13-14-9-8-12(11-4-2-3-5-11)16(20)18(14)21-17(13)15(10)19/h6-9,11H,2-5H2,1H3. The molecule has 3 aromatic rings. The summed E-state index contributed by atoms with van der Waals surface area (Å²) in [4.78, 5) is 0. The Kier molecular flexibility index (Phi) is 3.00. The van der Waals surface area contributed by atoms with Crippen molar-refractivity contribution < 1.29 is 8.78 Å². The van der Waals surface area contributed by atoms with Crippen molar-refractivity contribution in [3.05, 3.63) is 47.0 Å². The van der Waals surface area contributed by atoms with Crippen LogP contribution in [-0.4, -0.2) is 0 Å². The lowest BCUT2D eigenvalue weighted by Crippen LogP contribution is -1.96. The Balaban J connectivity index is 2.01. The van der Waals surface area contributed by atoms with Crippen LogP contribution < -0.4 is 0 Å². The van der Waals surface area contributed by atoms with Gasteiger partial charge >= 0.3 is 0 Å². The van der Waals surface area contributed by atoms with E-state index in [-0.39, 0.29) is 11.6 Å². The molecule has 3 heteroatoms. The molecule has 0 aliphatic heterocycles. The van der Waals surface area contributed by atoms with Gasteiger partial charge in [0.2, 0.25) is 0 Å². The van der Waals surface area contributed by atoms with E-state index < -0.39 is 0 Å². The first-order valence-electron chi connectivity index (χ1n) is 7.46. The van der Waals surface area contributed by atoms with Crippen molar-refractivity contribution in [2.75, 3.05) is 0 Å². The van der Waals surface area contributed by atoms with Crippen molar-refractivity contribution in [2.24, 2.45) is 0 Å². The van der Waals surface area contributed by atoms with Crippen molar-refractivity contribution in [1.29, 1.82) is 0 Å². The molecule has 1 heterocycles. The molecule has 0 N–H and O–H groups in total. The van der Waals surface area contributed by atoms with E-state index >= 15 is 0 Å². The number of hydrogen-bond donors (Lipinski definition) is 0. The summed E-state index contributed by atoms with van der Waals surface area (Å²) >= 11 is 1.25. The van der Waals surface area contributed by atoms with Crippen LogP contribution in [0.3, 0.4) is 0 Å². The normalized spacial score (nSPS) is 16.3. The van der Waals surface area contributed by atoms with E-state index in [4.69, 9.17) is 0 Å². The molecule has 0 atom stereocenters. The highest BCUT2D eigenvalue weighted by atomic mass is 32.1. The minimum absolute atomic E-state index is 0.127. The number of thiophene rings is 1. The highest BCUT2D eigenvalue weighted by molar-refractivity contribution is 7.25. The number of halogens is 2. The van der Waals surface area contributed by atoms with E-state index in [2.05, 4.69) is 0 Å². The zero-order valence-electron chi connectivity index (χ0n) is 11.9. The first-order chi connectivity index (χ1) is 10.2. The van der Waals surface area contributed by atoms with Crippen molar-refractivity contribution in [3.63, 3.8) is 0 Å². The van der Waals surface area contributed by atoms with Gasteiger partial charge in [-0.2, -0.15) is 0 Å². The van der Waals surface area contributed by atoms with E-state index in [0.717, 1.165) is 29.2 Å². The van der Waals surface area contributed by atoms with Crippen LogP contribution in [0.4, 0.5) is 8.78 Å². The second kappa shape index (κ2) is 4.77. The predicted molar refractivity (Wildman–Crippen MR) is 85.2 cm³/mol. The second-order valence-electron chi connectivity index (χ2n) is 6.00. The molecular formula is C18H16F2S. The summed E-state index contributed by atoms with van der Waals surface area (Å²) in [6, 6.07) is 7.56. The maximum atomic E-state index is 14.9. The number of fused-ring (bicyclic) bond motifs is 3. The van der Waals surface area contributed by atoms with Crippen LogP contribution >= 0.6 is 11.3 Å². The number of hydrogen-bond acceptors (Lipinski definition) is 1. The Bertz CT molecular complexity index is 841. The fraction of sp³-hybridized carbons (Fsp3) is 0.333. The Hall–Kier alpha value is -1.48. The molecule has 0 nitrogen and oxygen atoms in total. The van der Waals surface area contributed by atoms with Gasteiger partial charge in [-0.25, -0.2) is 8.78 Å². The van der Waals surface area contributed by atoms with Gasteiger partial charge in [0.25, 0.3) is 0 Å². The third kappa shape index (κ3) is 1.90. The largest absolute Gasteiger partial charge is 0.205 e. The lowest BCUT2D eigenvalue weighted by molar-refractivity contribution is 0.592. The van der Waals surface area contributed by atoms with E-state index in [0.29, 0.717) is 20.9 Å². The fourth-order valence-corrected chi connectivity index (χ4v) is 4.74. The molecular weight excluding hydrogens is 286 g/mol. The van der Waals surface area contributed by atoms with Crippen LogP contribution in [0.5, 0.6) is 0 Å². The zero-order chi connectivity index (χ0) is 14.6. The fourth-order valence-electron chi connectivity index (χ4n) is 3.50. The SMILES string of the molecule is Cc1ccc2c(sc3c(F)c(C4CCCC4)ccc32)c1F. The molecule has 108 valence electrons. The Morgan fingerprint density at radius 3 is 2.24 bits per heavy atom. The van der Waals surface area contributed by atoms with Crippen LogP contribution in [0.25, 0.3) is 20.2 Å². The minimum Gasteiger partial charge on any atom is -0.205 e. The molecule has 0 saturated heterocycles. The van der Waals surface area contributed by atoms with E-state index in [9.17, 15) is 8.78 Å². The van der Waals surface area contributed by atoms with Gasteiger partial charge in [0.15, 0.2) is 0 Å². The Morgan fingerprint density at radius 1 is 0.905 bits per heavy atom. The van der Waals surface area contributed by atoms with Gasteiger partial charge in [-0.15, -0.1) is 11.3 Å². The molecule has 0 radical (unpaired) electrons. The molecule has 0 spiro atoms. The molecule has 2 aromatic carbocycles. The van der Waals surface area contributed by atoms with Gasteiger partial charge in [0.1, 0.15) is 11.6 Å². The van der Waals surface area contributed by atoms with Crippen molar-refractivity contribution in [2.45, 2.75) is 38.5 Å². The number of rotatable bonds is 1. The Morgan fingerprint density at radius 2 is 1.52 bits per heavy atom. The third-order valence-electron chi connectivity index (χ3n) is 4.71. The highest BCUT2D eigenvalue weighted by Gasteiger charge is 2.23. The van der Waals surface area contributed by atoms with Crippen LogP contribution in [0.2, 0.25) is 0 Å². The molecule has 1 aliphatic rings. The predicted octanol–water partition coefficient (Wildman–Crippen LogP) is 6.30. The minimum atomic E-state index is -0.212. The highest BCUT2D eigenvalue weighted by Crippen LogP contribution is 2.42. The summed E-state index contributed by atoms with van der Waals surface area (Å²) in [5, 5.41) is 1.67. The summed E-state index contributed by atoms with van der Waals surface area (Å²) < 4.78 is 30.3. The molecule has 0 unspecified atom stereocenters. The van der Waals surface area contributed by atoms with Crippen LogP contribution in [-0.2, 0) is 0 Å². The first-order valence-corrected chi connectivity index (χ1v) is 8.28. The monoisotopic (exact) mass is 302 g/mol. The van der Waals surface area contributed by atoms with Gasteiger partial charge in [-0.1, -0.05) is 37.1 Å². The summed E-state index contributed by atoms with van der Waals surface area (Å²) in [6.07, 6.45) is 4.51. The maximum Gasteiger partial charge on any atom is 0.144 e. The molecule has 0 bridgehead atoms. The molecule has 1 aromatic heterocycles. The quantitative estimate of drug-likeness (QED) is 0.495. The van der Waals surface area contributed by atoms with E-state index in [1.54, 1.807) is 13.0 Å². The smallest absolute Gasteiger partial charge is 0.144 e. The molecule has 21 heavy (non-hydrogen) atoms. The summed E-state index contributed by atoms with van der Waals surface area (Å²) in [5.41, 5.74) is 1.44. The Labute approximate surface area is 126 Å². The molecule has 1 saturated carbocycles. The summed E-state index contributed by atoms with van der Waals surface area (Å²) in [7, 11) is 0. The molecule has 0 amide bonds. The van der Waals surface area contributed by atoms with Gasteiger partial charge < -0.3 is 0 Å². The summed E-state index contributed by atoms with van der Waals surface area (Å²) in [5.74, 6) is -0.000588. The topological polar surface area (TPSA) is 0 Å². The molecule has 1 fully saturated rings. The average Bonchev–Trinajstić information content (AvgIpc) is 3.11. The summed E-state index contributed by atoms with van der Waals surface area (Å²) in [6.45, 7) is 1.75. The van der Waals surface area contributed by atoms with Gasteiger partial charge in [-0.05, 0) is 36.8 Å².